The van der Waals surface area contributed by atoms with Crippen molar-refractivity contribution in [2.45, 2.75) is 32.0 Å². The Balaban J connectivity index is 1.70. The second-order valence-corrected chi connectivity index (χ2v) is 9.26. The highest BCUT2D eigenvalue weighted by Crippen LogP contribution is 2.36. The third kappa shape index (κ3) is 3.20. The van der Waals surface area contributed by atoms with E-state index in [9.17, 15) is 17.6 Å². The van der Waals surface area contributed by atoms with Gasteiger partial charge in [0, 0.05) is 11.3 Å². The summed E-state index contributed by atoms with van der Waals surface area (Å²) in [6, 6.07) is 12.7. The van der Waals surface area contributed by atoms with Gasteiger partial charge in [-0.05, 0) is 30.2 Å². The number of sulfone groups is 1. The Kier molecular flexibility index (Phi) is 4.42. The fraction of sp³-hybridized carbons (Fsp3) is 0.350. The Morgan fingerprint density at radius 1 is 1.04 bits per heavy atom. The molecule has 2 heterocycles. The van der Waals surface area contributed by atoms with Gasteiger partial charge in [-0.2, -0.15) is 0 Å². The van der Waals surface area contributed by atoms with Gasteiger partial charge < -0.3 is 4.90 Å². The highest BCUT2D eigenvalue weighted by atomic mass is 32.2. The van der Waals surface area contributed by atoms with E-state index < -0.39 is 27.7 Å². The molecule has 0 aliphatic carbocycles. The average Bonchev–Trinajstić information content (AvgIpc) is 3.07. The summed E-state index contributed by atoms with van der Waals surface area (Å²) in [5, 5.41) is 0. The standard InChI is InChI=1S/C20H21FN2O3S/c1-2-14-7-9-16(10-8-14)23-19-13-27(25,26)12-18(19)22(20(23)24)11-15-5-3-4-6-17(15)21/h3-10,18-19H,2,11-13H2,1H3. The summed E-state index contributed by atoms with van der Waals surface area (Å²) in [6.07, 6.45) is 0.883. The summed E-state index contributed by atoms with van der Waals surface area (Å²) in [6.45, 7) is 2.11. The molecule has 2 fully saturated rings. The van der Waals surface area contributed by atoms with Crippen molar-refractivity contribution in [3.05, 3.63) is 65.5 Å². The summed E-state index contributed by atoms with van der Waals surface area (Å²) in [5.41, 5.74) is 2.21. The second kappa shape index (κ2) is 6.64. The maximum absolute atomic E-state index is 14.1. The first-order valence-corrected chi connectivity index (χ1v) is 10.8. The van der Waals surface area contributed by atoms with Crippen molar-refractivity contribution in [2.24, 2.45) is 0 Å². The number of fused-ring (bicyclic) bond motifs is 1. The summed E-state index contributed by atoms with van der Waals surface area (Å²) in [4.78, 5) is 16.2. The molecule has 2 aromatic rings. The van der Waals surface area contributed by atoms with Gasteiger partial charge in [-0.1, -0.05) is 37.3 Å². The van der Waals surface area contributed by atoms with Crippen LogP contribution in [-0.2, 0) is 22.8 Å². The van der Waals surface area contributed by atoms with Crippen LogP contribution in [0.4, 0.5) is 14.9 Å². The molecule has 0 saturated carbocycles. The van der Waals surface area contributed by atoms with Crippen LogP contribution in [-0.4, -0.2) is 42.9 Å². The van der Waals surface area contributed by atoms with E-state index in [1.54, 1.807) is 23.1 Å². The lowest BCUT2D eigenvalue weighted by Gasteiger charge is -2.23. The van der Waals surface area contributed by atoms with Gasteiger partial charge in [0.1, 0.15) is 5.82 Å². The second-order valence-electron chi connectivity index (χ2n) is 7.10. The zero-order chi connectivity index (χ0) is 19.2. The summed E-state index contributed by atoms with van der Waals surface area (Å²) < 4.78 is 38.6. The Labute approximate surface area is 158 Å². The van der Waals surface area contributed by atoms with Crippen LogP contribution in [0.5, 0.6) is 0 Å². The Morgan fingerprint density at radius 2 is 1.70 bits per heavy atom. The predicted molar refractivity (Wildman–Crippen MR) is 102 cm³/mol. The number of hydrogen-bond acceptors (Lipinski definition) is 3. The van der Waals surface area contributed by atoms with E-state index in [4.69, 9.17) is 0 Å². The van der Waals surface area contributed by atoms with Gasteiger partial charge in [0.25, 0.3) is 0 Å². The average molecular weight is 388 g/mol. The fourth-order valence-electron chi connectivity index (χ4n) is 3.97. The van der Waals surface area contributed by atoms with Crippen LogP contribution in [0.15, 0.2) is 48.5 Å². The molecule has 2 saturated heterocycles. The molecule has 7 heteroatoms. The Morgan fingerprint density at radius 3 is 2.37 bits per heavy atom. The minimum atomic E-state index is -3.25. The molecule has 2 unspecified atom stereocenters. The molecule has 142 valence electrons. The molecule has 0 spiro atoms. The minimum absolute atomic E-state index is 0.0612. The third-order valence-electron chi connectivity index (χ3n) is 5.40. The normalized spacial score (nSPS) is 23.7. The van der Waals surface area contributed by atoms with Crippen molar-refractivity contribution in [1.82, 2.24) is 4.90 Å². The molecular weight excluding hydrogens is 367 g/mol. The number of anilines is 1. The van der Waals surface area contributed by atoms with Crippen molar-refractivity contribution >= 4 is 21.6 Å². The summed E-state index contributed by atoms with van der Waals surface area (Å²) in [5.74, 6) is -0.540. The third-order valence-corrected chi connectivity index (χ3v) is 7.10. The minimum Gasteiger partial charge on any atom is -0.314 e. The van der Waals surface area contributed by atoms with Crippen LogP contribution < -0.4 is 4.90 Å². The van der Waals surface area contributed by atoms with Crippen LogP contribution in [0.1, 0.15) is 18.1 Å². The largest absolute Gasteiger partial charge is 0.325 e. The van der Waals surface area contributed by atoms with Gasteiger partial charge in [0.2, 0.25) is 0 Å². The van der Waals surface area contributed by atoms with E-state index in [2.05, 4.69) is 0 Å². The van der Waals surface area contributed by atoms with Gasteiger partial charge in [0.15, 0.2) is 9.84 Å². The van der Waals surface area contributed by atoms with Crippen LogP contribution in [0.3, 0.4) is 0 Å². The zero-order valence-corrected chi connectivity index (χ0v) is 15.8. The van der Waals surface area contributed by atoms with Crippen molar-refractivity contribution in [3.63, 3.8) is 0 Å². The topological polar surface area (TPSA) is 57.7 Å². The Hall–Kier alpha value is -2.41. The van der Waals surface area contributed by atoms with Crippen molar-refractivity contribution in [3.8, 4) is 0 Å². The summed E-state index contributed by atoms with van der Waals surface area (Å²) in [7, 11) is -3.25. The highest BCUT2D eigenvalue weighted by molar-refractivity contribution is 7.91. The van der Waals surface area contributed by atoms with E-state index in [0.29, 0.717) is 11.3 Å². The molecule has 27 heavy (non-hydrogen) atoms. The molecule has 0 N–H and O–H groups in total. The van der Waals surface area contributed by atoms with Gasteiger partial charge in [0.05, 0.1) is 30.1 Å². The smallest absolute Gasteiger partial charge is 0.314 e. The molecule has 0 aromatic heterocycles. The molecule has 2 aromatic carbocycles. The molecule has 2 atom stereocenters. The number of benzene rings is 2. The van der Waals surface area contributed by atoms with Gasteiger partial charge in [-0.3, -0.25) is 4.90 Å². The number of carbonyl (C=O) groups excluding carboxylic acids is 1. The first-order valence-electron chi connectivity index (χ1n) is 9.02. The number of halogens is 1. The fourth-order valence-corrected chi connectivity index (χ4v) is 5.92. The van der Waals surface area contributed by atoms with Crippen LogP contribution in [0, 0.1) is 5.82 Å². The monoisotopic (exact) mass is 388 g/mol. The van der Waals surface area contributed by atoms with Gasteiger partial charge in [-0.15, -0.1) is 0 Å². The lowest BCUT2D eigenvalue weighted by atomic mass is 10.1. The number of amides is 2. The van der Waals surface area contributed by atoms with Gasteiger partial charge in [-0.25, -0.2) is 17.6 Å². The Bertz CT molecular complexity index is 975. The van der Waals surface area contributed by atoms with E-state index in [1.165, 1.54) is 11.0 Å². The first kappa shape index (κ1) is 18.0. The molecule has 4 rings (SSSR count). The number of nitrogens with zero attached hydrogens (tertiary/aromatic N) is 2. The quantitative estimate of drug-likeness (QED) is 0.757. The number of carbonyl (C=O) groups is 1. The van der Waals surface area contributed by atoms with E-state index >= 15 is 0 Å². The van der Waals surface area contributed by atoms with Crippen molar-refractivity contribution in [1.29, 1.82) is 0 Å². The number of rotatable bonds is 4. The van der Waals surface area contributed by atoms with Crippen LogP contribution in [0.25, 0.3) is 0 Å². The first-order chi connectivity index (χ1) is 12.9. The SMILES string of the molecule is CCc1ccc(N2C(=O)N(Cc3ccccc3F)C3CS(=O)(=O)CC32)cc1. The van der Waals surface area contributed by atoms with Crippen molar-refractivity contribution < 1.29 is 17.6 Å². The van der Waals surface area contributed by atoms with Gasteiger partial charge >= 0.3 is 6.03 Å². The molecular formula is C20H21FN2O3S. The maximum Gasteiger partial charge on any atom is 0.325 e. The summed E-state index contributed by atoms with van der Waals surface area (Å²) >= 11 is 0. The lowest BCUT2D eigenvalue weighted by molar-refractivity contribution is 0.205. The highest BCUT2D eigenvalue weighted by Gasteiger charge is 2.53. The van der Waals surface area contributed by atoms with Crippen LogP contribution in [0.2, 0.25) is 0 Å². The van der Waals surface area contributed by atoms with E-state index in [-0.39, 0.29) is 24.1 Å². The van der Waals surface area contributed by atoms with E-state index in [1.807, 2.05) is 31.2 Å². The molecule has 0 bridgehead atoms. The molecule has 5 nitrogen and oxygen atoms in total. The van der Waals surface area contributed by atoms with Crippen molar-refractivity contribution in [2.75, 3.05) is 16.4 Å². The number of urea groups is 1. The predicted octanol–water partition coefficient (Wildman–Crippen LogP) is 3.00. The molecule has 2 amide bonds. The van der Waals surface area contributed by atoms with Crippen LogP contribution >= 0.6 is 0 Å². The molecule has 2 aliphatic heterocycles. The molecule has 0 radical (unpaired) electrons. The maximum atomic E-state index is 14.1. The number of hydrogen-bond donors (Lipinski definition) is 0. The molecule has 2 aliphatic rings. The lowest BCUT2D eigenvalue weighted by Crippen LogP contribution is -2.37. The number of aryl methyl sites for hydroxylation is 1. The zero-order valence-electron chi connectivity index (χ0n) is 15.0. The van der Waals surface area contributed by atoms with E-state index in [0.717, 1.165) is 12.0 Å².